The first-order valence-corrected chi connectivity index (χ1v) is 10.8. The summed E-state index contributed by atoms with van der Waals surface area (Å²) in [6, 6.07) is 16.2. The Morgan fingerprint density at radius 1 is 0.857 bits per heavy atom. The molecule has 4 rings (SSSR count). The summed E-state index contributed by atoms with van der Waals surface area (Å²) >= 11 is 12.0. The Labute approximate surface area is 208 Å². The van der Waals surface area contributed by atoms with E-state index in [9.17, 15) is 18.8 Å². The summed E-state index contributed by atoms with van der Waals surface area (Å²) < 4.78 is 19.9. The van der Waals surface area contributed by atoms with Crippen molar-refractivity contribution in [1.29, 1.82) is 0 Å². The van der Waals surface area contributed by atoms with Crippen LogP contribution in [-0.2, 0) is 9.59 Å². The molecule has 3 N–H and O–H groups in total. The third-order valence-electron chi connectivity index (χ3n) is 4.92. The number of halogens is 3. The molecule has 0 radical (unpaired) electrons. The first kappa shape index (κ1) is 24.1. The SMILES string of the molecule is COc1cccc2cc(C(=O)Nc3ccc(Cl)c(Cl)c3)n(NC(=O)C(=O)Nc3cccc(F)c3)c12. The average Bonchev–Trinajstić information content (AvgIpc) is 3.20. The van der Waals surface area contributed by atoms with Crippen LogP contribution in [0, 0.1) is 5.82 Å². The molecule has 0 aliphatic rings. The van der Waals surface area contributed by atoms with Gasteiger partial charge in [0.1, 0.15) is 22.8 Å². The fraction of sp³-hybridized carbons (Fsp3) is 0.0417. The van der Waals surface area contributed by atoms with Crippen molar-refractivity contribution < 1.29 is 23.5 Å². The standard InChI is InChI=1S/C24H17Cl2FN4O4/c1-35-20-7-2-4-13-10-19(22(32)28-16-8-9-17(25)18(26)12-16)31(21(13)20)30-24(34)23(33)29-15-6-3-5-14(27)11-15/h2-12H,1H3,(H,28,32)(H,29,33)(H,30,34). The van der Waals surface area contributed by atoms with Gasteiger partial charge in [-0.15, -0.1) is 0 Å². The Bertz CT molecular complexity index is 1470. The topological polar surface area (TPSA) is 101 Å². The minimum absolute atomic E-state index is 0.00229. The number of benzene rings is 3. The number of hydrogen-bond donors (Lipinski definition) is 3. The van der Waals surface area contributed by atoms with E-state index < -0.39 is 23.5 Å². The maximum atomic E-state index is 13.4. The predicted molar refractivity (Wildman–Crippen MR) is 132 cm³/mol. The molecule has 0 atom stereocenters. The van der Waals surface area contributed by atoms with Crippen molar-refractivity contribution >= 4 is 63.2 Å². The maximum Gasteiger partial charge on any atom is 0.328 e. The highest BCUT2D eigenvalue weighted by molar-refractivity contribution is 6.43. The summed E-state index contributed by atoms with van der Waals surface area (Å²) in [6.45, 7) is 0. The number of hydrogen-bond acceptors (Lipinski definition) is 4. The van der Waals surface area contributed by atoms with Gasteiger partial charge in [-0.05, 0) is 48.5 Å². The van der Waals surface area contributed by atoms with E-state index in [1.807, 2.05) is 0 Å². The smallest absolute Gasteiger partial charge is 0.328 e. The maximum absolute atomic E-state index is 13.4. The Morgan fingerprint density at radius 3 is 2.31 bits per heavy atom. The molecular weight excluding hydrogens is 498 g/mol. The van der Waals surface area contributed by atoms with Gasteiger partial charge in [-0.3, -0.25) is 19.8 Å². The highest BCUT2D eigenvalue weighted by Gasteiger charge is 2.23. The van der Waals surface area contributed by atoms with E-state index >= 15 is 0 Å². The third kappa shape index (κ3) is 5.21. The van der Waals surface area contributed by atoms with Crippen LogP contribution in [0.4, 0.5) is 15.8 Å². The molecule has 0 unspecified atom stereocenters. The van der Waals surface area contributed by atoms with Crippen LogP contribution in [0.25, 0.3) is 10.9 Å². The van der Waals surface area contributed by atoms with E-state index in [1.165, 1.54) is 43.5 Å². The van der Waals surface area contributed by atoms with Gasteiger partial charge in [0.05, 0.1) is 17.2 Å². The number of anilines is 2. The number of ether oxygens (including phenoxy) is 1. The number of nitrogens with zero attached hydrogens (tertiary/aromatic N) is 1. The molecule has 0 spiro atoms. The Hall–Kier alpha value is -4.08. The van der Waals surface area contributed by atoms with Crippen LogP contribution in [0.1, 0.15) is 10.5 Å². The monoisotopic (exact) mass is 514 g/mol. The van der Waals surface area contributed by atoms with E-state index in [-0.39, 0.29) is 16.4 Å². The zero-order chi connectivity index (χ0) is 25.1. The number of fused-ring (bicyclic) bond motifs is 1. The molecule has 1 aromatic heterocycles. The second-order valence-electron chi connectivity index (χ2n) is 7.25. The molecule has 0 fully saturated rings. The minimum atomic E-state index is -1.10. The van der Waals surface area contributed by atoms with Gasteiger partial charge >= 0.3 is 11.8 Å². The zero-order valence-electron chi connectivity index (χ0n) is 18.1. The highest BCUT2D eigenvalue weighted by Crippen LogP contribution is 2.29. The van der Waals surface area contributed by atoms with E-state index in [1.54, 1.807) is 24.3 Å². The summed E-state index contributed by atoms with van der Waals surface area (Å²) in [4.78, 5) is 38.3. The number of carbonyl (C=O) groups is 3. The first-order chi connectivity index (χ1) is 16.8. The van der Waals surface area contributed by atoms with Crippen LogP contribution in [0.2, 0.25) is 10.0 Å². The van der Waals surface area contributed by atoms with E-state index in [4.69, 9.17) is 27.9 Å². The lowest BCUT2D eigenvalue weighted by molar-refractivity contribution is -0.133. The number of methoxy groups -OCH3 is 1. The largest absolute Gasteiger partial charge is 0.494 e. The van der Waals surface area contributed by atoms with Gasteiger partial charge in [-0.1, -0.05) is 41.4 Å². The van der Waals surface area contributed by atoms with Gasteiger partial charge < -0.3 is 15.4 Å². The minimum Gasteiger partial charge on any atom is -0.494 e. The lowest BCUT2D eigenvalue weighted by Gasteiger charge is -2.14. The molecule has 0 saturated heterocycles. The molecule has 3 aromatic carbocycles. The molecule has 0 aliphatic carbocycles. The number of carbonyl (C=O) groups excluding carboxylic acids is 3. The van der Waals surface area contributed by atoms with Crippen LogP contribution in [0.15, 0.2) is 66.7 Å². The second-order valence-corrected chi connectivity index (χ2v) is 8.07. The molecule has 11 heteroatoms. The van der Waals surface area contributed by atoms with E-state index in [0.29, 0.717) is 27.4 Å². The van der Waals surface area contributed by atoms with Crippen molar-refractivity contribution in [2.24, 2.45) is 0 Å². The van der Waals surface area contributed by atoms with Crippen molar-refractivity contribution in [2.75, 3.05) is 23.2 Å². The normalized spacial score (nSPS) is 10.6. The van der Waals surface area contributed by atoms with Crippen molar-refractivity contribution in [1.82, 2.24) is 4.68 Å². The summed E-state index contributed by atoms with van der Waals surface area (Å²) in [5, 5.41) is 6.11. The Balaban J connectivity index is 1.67. The second kappa shape index (κ2) is 10.0. The molecule has 8 nitrogen and oxygen atoms in total. The van der Waals surface area contributed by atoms with Gasteiger partial charge in [-0.25, -0.2) is 9.07 Å². The van der Waals surface area contributed by atoms with Crippen LogP contribution < -0.4 is 20.8 Å². The number of nitrogens with one attached hydrogen (secondary N) is 3. The predicted octanol–water partition coefficient (Wildman–Crippen LogP) is 5.06. The lowest BCUT2D eigenvalue weighted by atomic mass is 10.2. The Morgan fingerprint density at radius 2 is 1.60 bits per heavy atom. The van der Waals surface area contributed by atoms with Gasteiger partial charge in [0.25, 0.3) is 5.91 Å². The number of para-hydroxylation sites is 1. The number of aromatic nitrogens is 1. The summed E-state index contributed by atoms with van der Waals surface area (Å²) in [5.74, 6) is -3.00. The fourth-order valence-electron chi connectivity index (χ4n) is 3.35. The molecule has 3 amide bonds. The number of amides is 3. The van der Waals surface area contributed by atoms with Crippen molar-refractivity contribution in [3.63, 3.8) is 0 Å². The molecular formula is C24H17Cl2FN4O4. The van der Waals surface area contributed by atoms with Crippen LogP contribution in [-0.4, -0.2) is 29.5 Å². The van der Waals surface area contributed by atoms with Crippen LogP contribution >= 0.6 is 23.2 Å². The summed E-state index contributed by atoms with van der Waals surface area (Å²) in [7, 11) is 1.43. The summed E-state index contributed by atoms with van der Waals surface area (Å²) in [6.07, 6.45) is 0. The molecule has 178 valence electrons. The Kier molecular flexibility index (Phi) is 6.90. The fourth-order valence-corrected chi connectivity index (χ4v) is 3.65. The molecule has 0 bridgehead atoms. The van der Waals surface area contributed by atoms with Gasteiger partial charge in [0, 0.05) is 16.8 Å². The van der Waals surface area contributed by atoms with Gasteiger partial charge in [0.2, 0.25) is 0 Å². The number of rotatable bonds is 5. The lowest BCUT2D eigenvalue weighted by Crippen LogP contribution is -2.36. The van der Waals surface area contributed by atoms with Crippen molar-refractivity contribution in [3.05, 3.63) is 88.3 Å². The first-order valence-electron chi connectivity index (χ1n) is 10.1. The van der Waals surface area contributed by atoms with E-state index in [2.05, 4.69) is 16.1 Å². The molecule has 0 aliphatic heterocycles. The molecule has 4 aromatic rings. The quantitative estimate of drug-likeness (QED) is 0.324. The molecule has 0 saturated carbocycles. The van der Waals surface area contributed by atoms with Gasteiger partial charge in [-0.2, -0.15) is 0 Å². The molecule has 35 heavy (non-hydrogen) atoms. The summed E-state index contributed by atoms with van der Waals surface area (Å²) in [5.41, 5.74) is 3.22. The highest BCUT2D eigenvalue weighted by atomic mass is 35.5. The average molecular weight is 515 g/mol. The molecule has 1 heterocycles. The zero-order valence-corrected chi connectivity index (χ0v) is 19.6. The van der Waals surface area contributed by atoms with Crippen molar-refractivity contribution in [2.45, 2.75) is 0 Å². The van der Waals surface area contributed by atoms with Crippen LogP contribution in [0.3, 0.4) is 0 Å². The van der Waals surface area contributed by atoms with Crippen molar-refractivity contribution in [3.8, 4) is 5.75 Å². The third-order valence-corrected chi connectivity index (χ3v) is 5.66. The van der Waals surface area contributed by atoms with E-state index in [0.717, 1.165) is 10.7 Å². The van der Waals surface area contributed by atoms with Crippen LogP contribution in [0.5, 0.6) is 5.75 Å². The van der Waals surface area contributed by atoms with Gasteiger partial charge in [0.15, 0.2) is 0 Å².